The molecule has 3 heteroatoms. The van der Waals surface area contributed by atoms with Gasteiger partial charge in [0.25, 0.3) is 0 Å². The Bertz CT molecular complexity index is 755. The fourth-order valence-electron chi connectivity index (χ4n) is 2.56. The average molecular weight is 297 g/mol. The molecule has 0 radical (unpaired) electrons. The number of halogens is 1. The lowest BCUT2D eigenvalue weighted by molar-refractivity contribution is 0.629. The van der Waals surface area contributed by atoms with Crippen molar-refractivity contribution in [1.82, 2.24) is 10.3 Å². The normalized spacial score (nSPS) is 12.5. The van der Waals surface area contributed by atoms with E-state index in [1.807, 2.05) is 42.6 Å². The molecule has 0 amide bonds. The number of para-hydroxylation sites is 1. The second kappa shape index (κ2) is 6.25. The molecular weight excluding hydrogens is 280 g/mol. The van der Waals surface area contributed by atoms with Crippen LogP contribution in [0.3, 0.4) is 0 Å². The van der Waals surface area contributed by atoms with Crippen molar-refractivity contribution in [2.24, 2.45) is 0 Å². The number of fused-ring (bicyclic) bond motifs is 1. The lowest BCUT2D eigenvalue weighted by Crippen LogP contribution is -2.22. The van der Waals surface area contributed by atoms with Crippen LogP contribution in [0.2, 0.25) is 5.02 Å². The number of rotatable bonds is 4. The van der Waals surface area contributed by atoms with E-state index >= 15 is 0 Å². The number of hydrogen-bond acceptors (Lipinski definition) is 2. The Morgan fingerprint density at radius 1 is 1.05 bits per heavy atom. The van der Waals surface area contributed by atoms with E-state index in [2.05, 4.69) is 35.4 Å². The molecule has 21 heavy (non-hydrogen) atoms. The molecule has 0 spiro atoms. The zero-order valence-corrected chi connectivity index (χ0v) is 12.6. The summed E-state index contributed by atoms with van der Waals surface area (Å²) in [6.45, 7) is 2.98. The van der Waals surface area contributed by atoms with Gasteiger partial charge in [-0.25, -0.2) is 0 Å². The van der Waals surface area contributed by atoms with Gasteiger partial charge in [0, 0.05) is 16.6 Å². The first-order chi connectivity index (χ1) is 10.3. The van der Waals surface area contributed by atoms with Crippen molar-refractivity contribution in [2.45, 2.75) is 13.0 Å². The van der Waals surface area contributed by atoms with Gasteiger partial charge in [-0.05, 0) is 41.9 Å². The number of hydrogen-bond donors (Lipinski definition) is 1. The fraction of sp³-hybridized carbons (Fsp3) is 0.167. The standard InChI is InChI=1S/C18H17ClN2/c1-2-20-18(14-7-5-8-16(19)11-14)15-10-13-6-3-4-9-17(13)21-12-15/h3-12,18,20H,2H2,1H3. The van der Waals surface area contributed by atoms with Crippen LogP contribution in [0.4, 0.5) is 0 Å². The number of pyridine rings is 1. The molecule has 0 aliphatic heterocycles. The van der Waals surface area contributed by atoms with Crippen LogP contribution in [-0.4, -0.2) is 11.5 Å². The summed E-state index contributed by atoms with van der Waals surface area (Å²) in [5.41, 5.74) is 3.32. The van der Waals surface area contributed by atoms with Gasteiger partial charge in [-0.1, -0.05) is 48.9 Å². The number of aromatic nitrogens is 1. The van der Waals surface area contributed by atoms with Crippen molar-refractivity contribution >= 4 is 22.5 Å². The third-order valence-electron chi connectivity index (χ3n) is 3.54. The molecule has 0 saturated carbocycles. The van der Waals surface area contributed by atoms with E-state index in [9.17, 15) is 0 Å². The molecule has 1 atom stereocenters. The predicted octanol–water partition coefficient (Wildman–Crippen LogP) is 4.59. The van der Waals surface area contributed by atoms with Gasteiger partial charge in [0.2, 0.25) is 0 Å². The molecule has 0 aliphatic carbocycles. The number of benzene rings is 2. The molecule has 106 valence electrons. The van der Waals surface area contributed by atoms with Crippen LogP contribution in [0.5, 0.6) is 0 Å². The summed E-state index contributed by atoms with van der Waals surface area (Å²) in [7, 11) is 0. The van der Waals surface area contributed by atoms with Gasteiger partial charge in [0.05, 0.1) is 11.6 Å². The molecule has 3 rings (SSSR count). The maximum absolute atomic E-state index is 6.13. The first-order valence-corrected chi connectivity index (χ1v) is 7.49. The quantitative estimate of drug-likeness (QED) is 0.762. The molecule has 0 bridgehead atoms. The summed E-state index contributed by atoms with van der Waals surface area (Å²) in [5.74, 6) is 0. The van der Waals surface area contributed by atoms with Gasteiger partial charge in [0.15, 0.2) is 0 Å². The van der Waals surface area contributed by atoms with E-state index in [1.54, 1.807) is 0 Å². The lowest BCUT2D eigenvalue weighted by atomic mass is 9.99. The predicted molar refractivity (Wildman–Crippen MR) is 88.7 cm³/mol. The third-order valence-corrected chi connectivity index (χ3v) is 3.77. The van der Waals surface area contributed by atoms with Crippen molar-refractivity contribution in [2.75, 3.05) is 6.54 Å². The minimum Gasteiger partial charge on any atom is -0.306 e. The van der Waals surface area contributed by atoms with Crippen LogP contribution in [0.1, 0.15) is 24.1 Å². The van der Waals surface area contributed by atoms with Crippen molar-refractivity contribution in [3.8, 4) is 0 Å². The smallest absolute Gasteiger partial charge is 0.0702 e. The van der Waals surface area contributed by atoms with Gasteiger partial charge in [0.1, 0.15) is 0 Å². The molecule has 3 aromatic rings. The highest BCUT2D eigenvalue weighted by Gasteiger charge is 2.14. The molecule has 2 aromatic carbocycles. The Hall–Kier alpha value is -1.90. The van der Waals surface area contributed by atoms with Gasteiger partial charge in [-0.2, -0.15) is 0 Å². The fourth-order valence-corrected chi connectivity index (χ4v) is 2.76. The molecule has 2 nitrogen and oxygen atoms in total. The maximum atomic E-state index is 6.13. The van der Waals surface area contributed by atoms with Gasteiger partial charge in [-0.15, -0.1) is 0 Å². The highest BCUT2D eigenvalue weighted by atomic mass is 35.5. The van der Waals surface area contributed by atoms with Gasteiger partial charge in [-0.3, -0.25) is 4.98 Å². The Morgan fingerprint density at radius 3 is 2.71 bits per heavy atom. The average Bonchev–Trinajstić information content (AvgIpc) is 2.52. The molecule has 1 N–H and O–H groups in total. The van der Waals surface area contributed by atoms with Crippen molar-refractivity contribution in [1.29, 1.82) is 0 Å². The van der Waals surface area contributed by atoms with Gasteiger partial charge < -0.3 is 5.32 Å². The zero-order valence-electron chi connectivity index (χ0n) is 11.9. The Kier molecular flexibility index (Phi) is 4.18. The summed E-state index contributed by atoms with van der Waals surface area (Å²) in [4.78, 5) is 4.56. The van der Waals surface area contributed by atoms with Crippen LogP contribution < -0.4 is 5.32 Å². The van der Waals surface area contributed by atoms with Crippen LogP contribution in [0.25, 0.3) is 10.9 Å². The number of nitrogens with zero attached hydrogens (tertiary/aromatic N) is 1. The summed E-state index contributed by atoms with van der Waals surface area (Å²) >= 11 is 6.13. The monoisotopic (exact) mass is 296 g/mol. The van der Waals surface area contributed by atoms with E-state index in [0.717, 1.165) is 33.6 Å². The topological polar surface area (TPSA) is 24.9 Å². The Labute approximate surface area is 129 Å². The second-order valence-electron chi connectivity index (χ2n) is 5.01. The minimum atomic E-state index is 0.103. The first-order valence-electron chi connectivity index (χ1n) is 7.11. The lowest BCUT2D eigenvalue weighted by Gasteiger charge is -2.19. The summed E-state index contributed by atoms with van der Waals surface area (Å²) < 4.78 is 0. The Balaban J connectivity index is 2.06. The molecule has 1 aromatic heterocycles. The van der Waals surface area contributed by atoms with E-state index in [-0.39, 0.29) is 6.04 Å². The zero-order chi connectivity index (χ0) is 14.7. The highest BCUT2D eigenvalue weighted by Crippen LogP contribution is 2.26. The van der Waals surface area contributed by atoms with Crippen molar-refractivity contribution in [3.63, 3.8) is 0 Å². The van der Waals surface area contributed by atoms with Gasteiger partial charge >= 0.3 is 0 Å². The maximum Gasteiger partial charge on any atom is 0.0702 e. The van der Waals surface area contributed by atoms with Crippen LogP contribution in [0.15, 0.2) is 60.8 Å². The molecule has 0 saturated heterocycles. The summed E-state index contributed by atoms with van der Waals surface area (Å²) in [6.07, 6.45) is 1.94. The molecular formula is C18H17ClN2. The van der Waals surface area contributed by atoms with E-state index in [4.69, 9.17) is 11.6 Å². The number of nitrogens with one attached hydrogen (secondary N) is 1. The molecule has 0 fully saturated rings. The Morgan fingerprint density at radius 2 is 1.90 bits per heavy atom. The SMILES string of the molecule is CCNC(c1cccc(Cl)c1)c1cnc2ccccc2c1. The largest absolute Gasteiger partial charge is 0.306 e. The second-order valence-corrected chi connectivity index (χ2v) is 5.44. The molecule has 1 unspecified atom stereocenters. The minimum absolute atomic E-state index is 0.103. The summed E-state index contributed by atoms with van der Waals surface area (Å²) in [5, 5.41) is 5.42. The first kappa shape index (κ1) is 14.1. The van der Waals surface area contributed by atoms with E-state index in [1.165, 1.54) is 0 Å². The van der Waals surface area contributed by atoms with E-state index in [0.29, 0.717) is 0 Å². The molecule has 1 heterocycles. The van der Waals surface area contributed by atoms with Crippen molar-refractivity contribution in [3.05, 3.63) is 76.9 Å². The molecule has 0 aliphatic rings. The van der Waals surface area contributed by atoms with Crippen LogP contribution >= 0.6 is 11.6 Å². The summed E-state index contributed by atoms with van der Waals surface area (Å²) in [6, 6.07) is 18.4. The van der Waals surface area contributed by atoms with E-state index < -0.39 is 0 Å². The van der Waals surface area contributed by atoms with Crippen LogP contribution in [-0.2, 0) is 0 Å². The van der Waals surface area contributed by atoms with Crippen LogP contribution in [0, 0.1) is 0 Å². The highest BCUT2D eigenvalue weighted by molar-refractivity contribution is 6.30. The third kappa shape index (κ3) is 3.07. The van der Waals surface area contributed by atoms with Crippen molar-refractivity contribution < 1.29 is 0 Å².